The van der Waals surface area contributed by atoms with Crippen molar-refractivity contribution in [3.8, 4) is 5.75 Å². The Morgan fingerprint density at radius 1 is 1.03 bits per heavy atom. The molecule has 0 fully saturated rings. The summed E-state index contributed by atoms with van der Waals surface area (Å²) < 4.78 is 35.1. The summed E-state index contributed by atoms with van der Waals surface area (Å²) in [6, 6.07) is 19.4. The number of carbonyl (C=O) groups excluding carboxylic acids is 1. The van der Waals surface area contributed by atoms with Gasteiger partial charge in [-0.3, -0.25) is 4.72 Å². The Morgan fingerprint density at radius 3 is 2.41 bits per heavy atom. The van der Waals surface area contributed by atoms with E-state index in [0.29, 0.717) is 42.4 Å². The molecule has 39 heavy (non-hydrogen) atoms. The van der Waals surface area contributed by atoms with Crippen LogP contribution < -0.4 is 25.0 Å². The smallest absolute Gasteiger partial charge is 0.319 e. The Kier molecular flexibility index (Phi) is 10.0. The molecule has 0 heterocycles. The number of sulfonamides is 1. The van der Waals surface area contributed by atoms with Crippen molar-refractivity contribution in [3.05, 3.63) is 84.4 Å². The van der Waals surface area contributed by atoms with Crippen molar-refractivity contribution >= 4 is 38.7 Å². The molecule has 0 aromatic heterocycles. The molecule has 3 aromatic rings. The van der Waals surface area contributed by atoms with Crippen LogP contribution in [-0.4, -0.2) is 41.2 Å². The quantitative estimate of drug-likeness (QED) is 0.246. The highest BCUT2D eigenvalue weighted by Gasteiger charge is 2.24. The van der Waals surface area contributed by atoms with Crippen LogP contribution >= 0.6 is 0 Å². The van der Waals surface area contributed by atoms with Gasteiger partial charge in [-0.1, -0.05) is 55.5 Å². The fourth-order valence-corrected chi connectivity index (χ4v) is 5.53. The van der Waals surface area contributed by atoms with E-state index >= 15 is 0 Å². The van der Waals surface area contributed by atoms with Crippen LogP contribution in [0.4, 0.5) is 21.9 Å². The predicted octanol–water partition coefficient (Wildman–Crippen LogP) is 6.30. The number of hydrogen-bond acceptors (Lipinski definition) is 5. The third kappa shape index (κ3) is 7.54. The number of hydrogen-bond donors (Lipinski definition) is 3. The van der Waals surface area contributed by atoms with E-state index in [0.717, 1.165) is 16.7 Å². The molecule has 0 aliphatic rings. The number of para-hydroxylation sites is 2. The summed E-state index contributed by atoms with van der Waals surface area (Å²) in [4.78, 5) is 14.8. The van der Waals surface area contributed by atoms with Crippen LogP contribution in [-0.2, 0) is 10.0 Å². The molecule has 0 bridgehead atoms. The van der Waals surface area contributed by atoms with Crippen molar-refractivity contribution in [2.75, 3.05) is 41.7 Å². The highest BCUT2D eigenvalue weighted by Crippen LogP contribution is 2.32. The zero-order valence-corrected chi connectivity index (χ0v) is 24.1. The van der Waals surface area contributed by atoms with Gasteiger partial charge in [0.2, 0.25) is 0 Å². The van der Waals surface area contributed by atoms with Gasteiger partial charge in [0.1, 0.15) is 10.6 Å². The summed E-state index contributed by atoms with van der Waals surface area (Å²) >= 11 is 0. The van der Waals surface area contributed by atoms with E-state index in [1.165, 1.54) is 13.2 Å². The summed E-state index contributed by atoms with van der Waals surface area (Å²) in [6.45, 7) is 13.5. The fraction of sp³-hybridized carbons (Fsp3) is 0.300. The number of benzene rings is 3. The van der Waals surface area contributed by atoms with Crippen molar-refractivity contribution in [2.45, 2.75) is 38.5 Å². The molecule has 2 amide bonds. The van der Waals surface area contributed by atoms with Crippen LogP contribution in [0.15, 0.2) is 78.2 Å². The average molecular weight is 551 g/mol. The van der Waals surface area contributed by atoms with Crippen LogP contribution in [0.25, 0.3) is 5.57 Å². The average Bonchev–Trinajstić information content (AvgIpc) is 2.93. The minimum atomic E-state index is -4.02. The number of rotatable bonds is 12. The van der Waals surface area contributed by atoms with Gasteiger partial charge in [0, 0.05) is 25.3 Å². The number of ether oxygens (including phenoxy) is 1. The van der Waals surface area contributed by atoms with Gasteiger partial charge >= 0.3 is 6.03 Å². The van der Waals surface area contributed by atoms with Gasteiger partial charge in [0.15, 0.2) is 0 Å². The molecule has 208 valence electrons. The van der Waals surface area contributed by atoms with E-state index in [4.69, 9.17) is 4.74 Å². The number of carbonyl (C=O) groups is 1. The van der Waals surface area contributed by atoms with Crippen LogP contribution in [0.3, 0.4) is 0 Å². The molecular formula is C30H38N4O4S. The lowest BCUT2D eigenvalue weighted by Crippen LogP contribution is -2.32. The van der Waals surface area contributed by atoms with Crippen LogP contribution in [0, 0.1) is 0 Å². The molecule has 0 spiro atoms. The highest BCUT2D eigenvalue weighted by molar-refractivity contribution is 7.93. The Labute approximate surface area is 232 Å². The molecule has 0 aliphatic carbocycles. The summed E-state index contributed by atoms with van der Waals surface area (Å²) in [5, 5.41) is 5.67. The molecule has 0 radical (unpaired) electrons. The Morgan fingerprint density at radius 2 is 1.74 bits per heavy atom. The summed E-state index contributed by atoms with van der Waals surface area (Å²) in [5.74, 6) is 0.475. The van der Waals surface area contributed by atoms with Gasteiger partial charge in [-0.2, -0.15) is 0 Å². The fourth-order valence-electron chi connectivity index (χ4n) is 4.21. The van der Waals surface area contributed by atoms with Crippen molar-refractivity contribution in [1.82, 2.24) is 5.32 Å². The first-order valence-electron chi connectivity index (χ1n) is 12.9. The van der Waals surface area contributed by atoms with Crippen molar-refractivity contribution < 1.29 is 17.9 Å². The van der Waals surface area contributed by atoms with Crippen molar-refractivity contribution in [3.63, 3.8) is 0 Å². The lowest BCUT2D eigenvalue weighted by Gasteiger charge is -2.25. The molecule has 0 saturated carbocycles. The number of amides is 2. The second kappa shape index (κ2) is 13.2. The van der Waals surface area contributed by atoms with Gasteiger partial charge < -0.3 is 20.3 Å². The molecule has 0 aliphatic heterocycles. The largest absolute Gasteiger partial charge is 0.495 e. The third-order valence-corrected chi connectivity index (χ3v) is 7.87. The second-order valence-corrected chi connectivity index (χ2v) is 11.0. The standard InChI is InChI=1S/C30H38N4O4S/c1-7-34(8-2)27-17-16-25(19-29(27)39(36,37)33-26-14-9-10-15-28(26)38-6)32-30(35)31-20-22(5)24-13-11-12-23(18-24)21(3)4/h9-19,22,33H,3,7-8,20H2,1-2,4-6H3,(H2,31,32,35). The predicted molar refractivity (Wildman–Crippen MR) is 160 cm³/mol. The van der Waals surface area contributed by atoms with Crippen molar-refractivity contribution in [2.24, 2.45) is 0 Å². The van der Waals surface area contributed by atoms with E-state index in [-0.39, 0.29) is 10.8 Å². The molecule has 1 atom stereocenters. The zero-order chi connectivity index (χ0) is 28.6. The van der Waals surface area contributed by atoms with Gasteiger partial charge in [-0.25, -0.2) is 13.2 Å². The molecule has 0 saturated heterocycles. The minimum Gasteiger partial charge on any atom is -0.495 e. The van der Waals surface area contributed by atoms with Crippen LogP contribution in [0.1, 0.15) is 44.7 Å². The first kappa shape index (κ1) is 29.6. The SMILES string of the molecule is C=C(C)c1cccc(C(C)CNC(=O)Nc2ccc(N(CC)CC)c(S(=O)(=O)Nc3ccccc3OC)c2)c1. The minimum absolute atomic E-state index is 0.0554. The maximum Gasteiger partial charge on any atom is 0.319 e. The number of nitrogens with one attached hydrogen (secondary N) is 3. The van der Waals surface area contributed by atoms with Crippen molar-refractivity contribution in [1.29, 1.82) is 0 Å². The van der Waals surface area contributed by atoms with Gasteiger partial charge in [0.25, 0.3) is 10.0 Å². The Balaban J connectivity index is 1.81. The molecule has 3 rings (SSSR count). The monoisotopic (exact) mass is 550 g/mol. The van der Waals surface area contributed by atoms with Gasteiger partial charge in [0.05, 0.1) is 18.5 Å². The number of nitrogens with zero attached hydrogens (tertiary/aromatic N) is 1. The maximum atomic E-state index is 13.6. The first-order valence-corrected chi connectivity index (χ1v) is 14.4. The van der Waals surface area contributed by atoms with Crippen LogP contribution in [0.2, 0.25) is 0 Å². The molecular weight excluding hydrogens is 512 g/mol. The van der Waals surface area contributed by atoms with E-state index < -0.39 is 16.1 Å². The third-order valence-electron chi connectivity index (χ3n) is 6.48. The normalized spacial score (nSPS) is 11.8. The number of anilines is 3. The summed E-state index contributed by atoms with van der Waals surface area (Å²) in [5.41, 5.74) is 4.36. The molecule has 3 N–H and O–H groups in total. The van der Waals surface area contributed by atoms with E-state index in [1.54, 1.807) is 36.4 Å². The van der Waals surface area contributed by atoms with E-state index in [1.807, 2.05) is 50.8 Å². The molecule has 8 nitrogen and oxygen atoms in total. The Bertz CT molecular complexity index is 1420. The lowest BCUT2D eigenvalue weighted by molar-refractivity contribution is 0.251. The van der Waals surface area contributed by atoms with Gasteiger partial charge in [-0.15, -0.1) is 0 Å². The lowest BCUT2D eigenvalue weighted by atomic mass is 9.97. The molecule has 9 heteroatoms. The first-order chi connectivity index (χ1) is 18.6. The summed E-state index contributed by atoms with van der Waals surface area (Å²) in [7, 11) is -2.54. The number of methoxy groups -OCH3 is 1. The van der Waals surface area contributed by atoms with Gasteiger partial charge in [-0.05, 0) is 68.1 Å². The number of allylic oxidation sites excluding steroid dienone is 1. The maximum absolute atomic E-state index is 13.6. The van der Waals surface area contributed by atoms with E-state index in [9.17, 15) is 13.2 Å². The van der Waals surface area contributed by atoms with Crippen LogP contribution in [0.5, 0.6) is 5.75 Å². The number of urea groups is 1. The molecule has 3 aromatic carbocycles. The highest BCUT2D eigenvalue weighted by atomic mass is 32.2. The second-order valence-electron chi connectivity index (χ2n) is 9.30. The topological polar surface area (TPSA) is 99.8 Å². The Hall–Kier alpha value is -3.98. The zero-order valence-electron chi connectivity index (χ0n) is 23.2. The van der Waals surface area contributed by atoms with E-state index in [2.05, 4.69) is 28.0 Å². The summed E-state index contributed by atoms with van der Waals surface area (Å²) in [6.07, 6.45) is 0. The molecule has 1 unspecified atom stereocenters.